The number of ketones is 1. The third-order valence-electron chi connectivity index (χ3n) is 6.87. The Bertz CT molecular complexity index is 976. The van der Waals surface area contributed by atoms with Crippen molar-refractivity contribution in [1.29, 1.82) is 0 Å². The molecular formula is C30H40ClNO2. The fraction of sp³-hybridized carbons (Fsp3) is 0.433. The van der Waals surface area contributed by atoms with Gasteiger partial charge in [-0.3, -0.25) is 4.79 Å². The standard InChI is InChI=1S/C30H39NO2.ClH/c1-6-31-20-19-30(33,18-17-25-9-14-27(15-10-25)23(4)5)28(21-31)29(32)16-11-24-7-12-26(13-8-24)22(2)3;/h7-18,22-23,28,33H,6,19-21H2,1-5H3;1H/b16-11+,18-17+;. The second-order valence-electron chi connectivity index (χ2n) is 9.90. The molecule has 1 aliphatic rings. The Morgan fingerprint density at radius 2 is 1.47 bits per heavy atom. The first kappa shape index (κ1) is 28.0. The van der Waals surface area contributed by atoms with Crippen molar-refractivity contribution in [3.8, 4) is 0 Å². The summed E-state index contributed by atoms with van der Waals surface area (Å²) in [6.45, 7) is 13.0. The molecule has 0 aromatic heterocycles. The molecule has 1 aliphatic heterocycles. The smallest absolute Gasteiger partial charge is 0.163 e. The van der Waals surface area contributed by atoms with E-state index < -0.39 is 11.5 Å². The fourth-order valence-corrected chi connectivity index (χ4v) is 4.36. The van der Waals surface area contributed by atoms with Crippen LogP contribution in [0.3, 0.4) is 0 Å². The van der Waals surface area contributed by atoms with Crippen molar-refractivity contribution in [3.05, 3.63) is 82.9 Å². The molecule has 4 heteroatoms. The van der Waals surface area contributed by atoms with Crippen LogP contribution < -0.4 is 0 Å². The second kappa shape index (κ2) is 12.5. The highest BCUT2D eigenvalue weighted by molar-refractivity contribution is 5.96. The van der Waals surface area contributed by atoms with Crippen LogP contribution >= 0.6 is 12.4 Å². The molecule has 0 radical (unpaired) electrons. The number of likely N-dealkylation sites (tertiary alicyclic amines) is 1. The molecule has 34 heavy (non-hydrogen) atoms. The summed E-state index contributed by atoms with van der Waals surface area (Å²) >= 11 is 0. The predicted octanol–water partition coefficient (Wildman–Crippen LogP) is 6.72. The summed E-state index contributed by atoms with van der Waals surface area (Å²) in [5, 5.41) is 11.5. The lowest BCUT2D eigenvalue weighted by Gasteiger charge is -2.41. The third kappa shape index (κ3) is 7.15. The molecule has 0 amide bonds. The van der Waals surface area contributed by atoms with Crippen molar-refractivity contribution in [2.75, 3.05) is 19.6 Å². The topological polar surface area (TPSA) is 40.5 Å². The van der Waals surface area contributed by atoms with Gasteiger partial charge in [-0.05, 0) is 53.1 Å². The second-order valence-corrected chi connectivity index (χ2v) is 9.90. The van der Waals surface area contributed by atoms with Crippen LogP contribution in [0.15, 0.2) is 60.7 Å². The Kier molecular flexibility index (Phi) is 10.3. The van der Waals surface area contributed by atoms with Crippen molar-refractivity contribution in [2.24, 2.45) is 5.92 Å². The van der Waals surface area contributed by atoms with Gasteiger partial charge in [0.25, 0.3) is 0 Å². The molecule has 1 heterocycles. The minimum atomic E-state index is -1.15. The first-order valence-electron chi connectivity index (χ1n) is 12.3. The highest BCUT2D eigenvalue weighted by Crippen LogP contribution is 2.32. The minimum absolute atomic E-state index is 0. The van der Waals surface area contributed by atoms with Crippen LogP contribution in [0, 0.1) is 5.92 Å². The number of allylic oxidation sites excluding steroid dienone is 1. The number of carbonyl (C=O) groups excluding carboxylic acids is 1. The third-order valence-corrected chi connectivity index (χ3v) is 6.87. The molecule has 2 aromatic rings. The Labute approximate surface area is 212 Å². The Balaban J connectivity index is 0.00000408. The summed E-state index contributed by atoms with van der Waals surface area (Å²) in [6, 6.07) is 16.7. The van der Waals surface area contributed by atoms with E-state index in [-0.39, 0.29) is 18.2 Å². The number of rotatable bonds is 8. The van der Waals surface area contributed by atoms with E-state index in [1.807, 2.05) is 30.4 Å². The summed E-state index contributed by atoms with van der Waals surface area (Å²) in [6.07, 6.45) is 7.86. The number of halogens is 1. The maximum absolute atomic E-state index is 13.2. The molecule has 2 unspecified atom stereocenters. The van der Waals surface area contributed by atoms with Gasteiger partial charge in [-0.1, -0.05) is 101 Å². The van der Waals surface area contributed by atoms with Gasteiger partial charge in [0.15, 0.2) is 5.78 Å². The minimum Gasteiger partial charge on any atom is -0.385 e. The maximum Gasteiger partial charge on any atom is 0.163 e. The number of piperidine rings is 1. The van der Waals surface area contributed by atoms with E-state index in [2.05, 4.69) is 75.9 Å². The molecule has 2 atom stereocenters. The number of hydrogen-bond donors (Lipinski definition) is 1. The zero-order valence-electron chi connectivity index (χ0n) is 21.2. The molecule has 0 bridgehead atoms. The van der Waals surface area contributed by atoms with Gasteiger partial charge in [0.05, 0.1) is 11.5 Å². The van der Waals surface area contributed by atoms with Crippen LogP contribution in [0.1, 0.15) is 75.1 Å². The highest BCUT2D eigenvalue weighted by atomic mass is 35.5. The summed E-state index contributed by atoms with van der Waals surface area (Å²) < 4.78 is 0. The van der Waals surface area contributed by atoms with Crippen LogP contribution in [0.5, 0.6) is 0 Å². The first-order valence-corrected chi connectivity index (χ1v) is 12.3. The van der Waals surface area contributed by atoms with Crippen LogP contribution in [-0.4, -0.2) is 41.0 Å². The van der Waals surface area contributed by atoms with E-state index in [0.29, 0.717) is 24.8 Å². The van der Waals surface area contributed by atoms with Crippen molar-refractivity contribution in [3.63, 3.8) is 0 Å². The molecule has 0 spiro atoms. The average Bonchev–Trinajstić information content (AvgIpc) is 2.82. The number of nitrogens with zero attached hydrogens (tertiary/aromatic N) is 1. The van der Waals surface area contributed by atoms with Gasteiger partial charge >= 0.3 is 0 Å². The van der Waals surface area contributed by atoms with Crippen LogP contribution in [0.2, 0.25) is 0 Å². The normalized spacial score (nSPS) is 21.5. The number of benzene rings is 2. The van der Waals surface area contributed by atoms with Crippen molar-refractivity contribution in [2.45, 2.75) is 58.5 Å². The quantitative estimate of drug-likeness (QED) is 0.425. The number of carbonyl (C=O) groups is 1. The molecule has 1 N–H and O–H groups in total. The molecule has 0 saturated carbocycles. The van der Waals surface area contributed by atoms with E-state index in [1.165, 1.54) is 11.1 Å². The zero-order valence-corrected chi connectivity index (χ0v) is 22.0. The van der Waals surface area contributed by atoms with Crippen LogP contribution in [0.4, 0.5) is 0 Å². The average molecular weight is 482 g/mol. The molecule has 1 fully saturated rings. The molecule has 2 aromatic carbocycles. The van der Waals surface area contributed by atoms with Gasteiger partial charge in [0.2, 0.25) is 0 Å². The molecule has 184 valence electrons. The van der Waals surface area contributed by atoms with Gasteiger partial charge in [0, 0.05) is 13.1 Å². The van der Waals surface area contributed by atoms with Crippen molar-refractivity contribution >= 4 is 30.3 Å². The summed E-state index contributed by atoms with van der Waals surface area (Å²) in [4.78, 5) is 15.5. The van der Waals surface area contributed by atoms with Gasteiger partial charge in [-0.25, -0.2) is 0 Å². The van der Waals surface area contributed by atoms with Gasteiger partial charge < -0.3 is 10.0 Å². The lowest BCUT2D eigenvalue weighted by Crippen LogP contribution is -2.53. The highest BCUT2D eigenvalue weighted by Gasteiger charge is 2.42. The summed E-state index contributed by atoms with van der Waals surface area (Å²) in [7, 11) is 0. The van der Waals surface area contributed by atoms with Gasteiger partial charge in [-0.2, -0.15) is 0 Å². The fourth-order valence-electron chi connectivity index (χ4n) is 4.36. The maximum atomic E-state index is 13.2. The molecule has 1 saturated heterocycles. The van der Waals surface area contributed by atoms with Gasteiger partial charge in [-0.15, -0.1) is 12.4 Å². The van der Waals surface area contributed by atoms with Crippen LogP contribution in [-0.2, 0) is 4.79 Å². The number of hydrogen-bond acceptors (Lipinski definition) is 3. The lowest BCUT2D eigenvalue weighted by atomic mass is 9.77. The molecule has 3 rings (SSSR count). The monoisotopic (exact) mass is 481 g/mol. The Hall–Kier alpha value is -2.20. The predicted molar refractivity (Wildman–Crippen MR) is 147 cm³/mol. The SMILES string of the molecule is CCN1CCC(O)(/C=C/c2ccc(C(C)C)cc2)C(C(=O)/C=C/c2ccc(C(C)C)cc2)C1.Cl. The molecule has 3 nitrogen and oxygen atoms in total. The van der Waals surface area contributed by atoms with Crippen LogP contribution in [0.25, 0.3) is 12.2 Å². The van der Waals surface area contributed by atoms with E-state index in [1.54, 1.807) is 6.08 Å². The lowest BCUT2D eigenvalue weighted by molar-refractivity contribution is -0.129. The van der Waals surface area contributed by atoms with Crippen molar-refractivity contribution in [1.82, 2.24) is 4.90 Å². The van der Waals surface area contributed by atoms with E-state index >= 15 is 0 Å². The van der Waals surface area contributed by atoms with E-state index in [0.717, 1.165) is 24.2 Å². The molecular weight excluding hydrogens is 442 g/mol. The van der Waals surface area contributed by atoms with Gasteiger partial charge in [0.1, 0.15) is 0 Å². The zero-order chi connectivity index (χ0) is 24.0. The van der Waals surface area contributed by atoms with E-state index in [9.17, 15) is 9.90 Å². The summed E-state index contributed by atoms with van der Waals surface area (Å²) in [5.41, 5.74) is 3.47. The number of aliphatic hydroxyl groups is 1. The first-order chi connectivity index (χ1) is 15.7. The molecule has 0 aliphatic carbocycles. The largest absolute Gasteiger partial charge is 0.385 e. The van der Waals surface area contributed by atoms with Crippen molar-refractivity contribution < 1.29 is 9.90 Å². The summed E-state index contributed by atoms with van der Waals surface area (Å²) in [5.74, 6) is 0.461. The Morgan fingerprint density at radius 3 is 1.94 bits per heavy atom. The Morgan fingerprint density at radius 1 is 0.971 bits per heavy atom. The van der Waals surface area contributed by atoms with E-state index in [4.69, 9.17) is 0 Å².